The molecule has 0 aromatic carbocycles. The largest absolute Gasteiger partial charge is 0.396 e. The number of fused-ring (bicyclic) bond motifs is 2. The number of rotatable bonds is 1. The van der Waals surface area contributed by atoms with E-state index in [2.05, 4.69) is 19.1 Å². The van der Waals surface area contributed by atoms with E-state index in [4.69, 9.17) is 5.11 Å². The summed E-state index contributed by atoms with van der Waals surface area (Å²) in [6, 6.07) is 0. The Hall–Kier alpha value is -0.300. The summed E-state index contributed by atoms with van der Waals surface area (Å²) in [6.45, 7) is 2.64. The van der Waals surface area contributed by atoms with Crippen molar-refractivity contribution in [1.82, 2.24) is 0 Å². The van der Waals surface area contributed by atoms with Gasteiger partial charge in [-0.05, 0) is 30.1 Å². The fourth-order valence-corrected chi connectivity index (χ4v) is 2.47. The molecule has 0 amide bonds. The van der Waals surface area contributed by atoms with E-state index in [9.17, 15) is 0 Å². The van der Waals surface area contributed by atoms with Crippen LogP contribution in [0.5, 0.6) is 0 Å². The summed E-state index contributed by atoms with van der Waals surface area (Å²) >= 11 is 0. The van der Waals surface area contributed by atoms with Crippen LogP contribution in [-0.2, 0) is 0 Å². The van der Waals surface area contributed by atoms with Crippen molar-refractivity contribution in [3.05, 3.63) is 12.2 Å². The van der Waals surface area contributed by atoms with Crippen molar-refractivity contribution in [3.8, 4) is 0 Å². The first kappa shape index (κ1) is 6.41. The molecule has 1 saturated carbocycles. The van der Waals surface area contributed by atoms with Crippen molar-refractivity contribution < 1.29 is 5.11 Å². The van der Waals surface area contributed by atoms with Crippen molar-refractivity contribution in [1.29, 1.82) is 0 Å². The molecule has 0 spiro atoms. The van der Waals surface area contributed by atoms with Gasteiger partial charge >= 0.3 is 0 Å². The van der Waals surface area contributed by atoms with Crippen LogP contribution in [0.15, 0.2) is 12.2 Å². The molecule has 0 aromatic rings. The molecule has 2 bridgehead atoms. The molecule has 10 heavy (non-hydrogen) atoms. The van der Waals surface area contributed by atoms with E-state index in [1.807, 2.05) is 0 Å². The van der Waals surface area contributed by atoms with E-state index in [1.54, 1.807) is 0 Å². The lowest BCUT2D eigenvalue weighted by molar-refractivity contribution is 0.172. The molecule has 2 aliphatic rings. The monoisotopic (exact) mass is 138 g/mol. The first-order valence-electron chi connectivity index (χ1n) is 4.12. The Bertz CT molecular complexity index is 162. The van der Waals surface area contributed by atoms with Crippen LogP contribution in [0.25, 0.3) is 0 Å². The van der Waals surface area contributed by atoms with Crippen molar-refractivity contribution in [3.63, 3.8) is 0 Å². The smallest absolute Gasteiger partial charge is 0.0467 e. The van der Waals surface area contributed by atoms with Crippen molar-refractivity contribution >= 4 is 0 Å². The number of allylic oxidation sites excluding steroid dienone is 2. The summed E-state index contributed by atoms with van der Waals surface area (Å²) < 4.78 is 0. The van der Waals surface area contributed by atoms with Gasteiger partial charge in [0.15, 0.2) is 0 Å². The SMILES string of the molecule is C[C@H]1[C@H](CO)[C@@H]2C=C[C@H]1C2. The molecule has 0 aromatic heterocycles. The second-order valence-electron chi connectivity index (χ2n) is 3.65. The van der Waals surface area contributed by atoms with Gasteiger partial charge in [-0.1, -0.05) is 19.1 Å². The van der Waals surface area contributed by atoms with Gasteiger partial charge in [-0.2, -0.15) is 0 Å². The fraction of sp³-hybridized carbons (Fsp3) is 0.778. The molecule has 1 nitrogen and oxygen atoms in total. The maximum absolute atomic E-state index is 9.02. The molecule has 1 fully saturated rings. The van der Waals surface area contributed by atoms with Crippen LogP contribution in [-0.4, -0.2) is 11.7 Å². The summed E-state index contributed by atoms with van der Waals surface area (Å²) in [6.07, 6.45) is 5.90. The summed E-state index contributed by atoms with van der Waals surface area (Å²) in [4.78, 5) is 0. The van der Waals surface area contributed by atoms with Gasteiger partial charge < -0.3 is 5.11 Å². The van der Waals surface area contributed by atoms with Crippen LogP contribution < -0.4 is 0 Å². The normalized spacial score (nSPS) is 50.6. The standard InChI is InChI=1S/C9H14O/c1-6-7-2-3-8(4-7)9(6)5-10/h2-3,6-10H,4-5H2,1H3/t6-,7+,8-,9+/m1/s1. The highest BCUT2D eigenvalue weighted by molar-refractivity contribution is 5.12. The van der Waals surface area contributed by atoms with Gasteiger partial charge in [-0.3, -0.25) is 0 Å². The quantitative estimate of drug-likeness (QED) is 0.543. The Morgan fingerprint density at radius 3 is 2.50 bits per heavy atom. The van der Waals surface area contributed by atoms with E-state index in [-0.39, 0.29) is 0 Å². The first-order chi connectivity index (χ1) is 4.83. The van der Waals surface area contributed by atoms with Gasteiger partial charge in [0.25, 0.3) is 0 Å². The lowest BCUT2D eigenvalue weighted by atomic mass is 9.85. The molecule has 0 aliphatic heterocycles. The summed E-state index contributed by atoms with van der Waals surface area (Å²) in [7, 11) is 0. The van der Waals surface area contributed by atoms with Crippen LogP contribution in [0, 0.1) is 23.7 Å². The molecule has 1 N–H and O–H groups in total. The van der Waals surface area contributed by atoms with E-state index < -0.39 is 0 Å². The Kier molecular flexibility index (Phi) is 1.34. The molecule has 0 saturated heterocycles. The molecule has 2 rings (SSSR count). The lowest BCUT2D eigenvalue weighted by Gasteiger charge is -2.21. The number of hydrogen-bond donors (Lipinski definition) is 1. The zero-order valence-electron chi connectivity index (χ0n) is 6.33. The van der Waals surface area contributed by atoms with Gasteiger partial charge in [0, 0.05) is 6.61 Å². The molecular weight excluding hydrogens is 124 g/mol. The van der Waals surface area contributed by atoms with Crippen LogP contribution in [0.3, 0.4) is 0 Å². The minimum atomic E-state index is 0.382. The molecule has 0 radical (unpaired) electrons. The second kappa shape index (κ2) is 2.09. The topological polar surface area (TPSA) is 20.2 Å². The highest BCUT2D eigenvalue weighted by Gasteiger charge is 2.40. The zero-order valence-corrected chi connectivity index (χ0v) is 6.33. The zero-order chi connectivity index (χ0) is 7.14. The lowest BCUT2D eigenvalue weighted by Crippen LogP contribution is -2.19. The van der Waals surface area contributed by atoms with Crippen LogP contribution >= 0.6 is 0 Å². The number of hydrogen-bond acceptors (Lipinski definition) is 1. The van der Waals surface area contributed by atoms with Crippen molar-refractivity contribution in [2.45, 2.75) is 13.3 Å². The molecule has 56 valence electrons. The number of aliphatic hydroxyl groups excluding tert-OH is 1. The van der Waals surface area contributed by atoms with Crippen LogP contribution in [0.4, 0.5) is 0 Å². The van der Waals surface area contributed by atoms with E-state index in [1.165, 1.54) is 6.42 Å². The van der Waals surface area contributed by atoms with Gasteiger partial charge in [0.05, 0.1) is 0 Å². The Morgan fingerprint density at radius 1 is 1.40 bits per heavy atom. The Balaban J connectivity index is 2.18. The highest BCUT2D eigenvalue weighted by Crippen LogP contribution is 2.47. The van der Waals surface area contributed by atoms with Gasteiger partial charge in [0.2, 0.25) is 0 Å². The maximum Gasteiger partial charge on any atom is 0.0467 e. The van der Waals surface area contributed by atoms with Crippen molar-refractivity contribution in [2.24, 2.45) is 23.7 Å². The first-order valence-corrected chi connectivity index (χ1v) is 4.12. The van der Waals surface area contributed by atoms with Crippen LogP contribution in [0.1, 0.15) is 13.3 Å². The van der Waals surface area contributed by atoms with Gasteiger partial charge in [0.1, 0.15) is 0 Å². The molecule has 1 heteroatoms. The Morgan fingerprint density at radius 2 is 2.10 bits per heavy atom. The molecule has 4 atom stereocenters. The third-order valence-electron chi connectivity index (χ3n) is 3.26. The summed E-state index contributed by atoms with van der Waals surface area (Å²) in [5.74, 6) is 2.77. The summed E-state index contributed by atoms with van der Waals surface area (Å²) in [5.41, 5.74) is 0. The average Bonchev–Trinajstić information content (AvgIpc) is 2.46. The van der Waals surface area contributed by atoms with E-state index in [0.29, 0.717) is 18.4 Å². The molecular formula is C9H14O. The van der Waals surface area contributed by atoms with E-state index >= 15 is 0 Å². The highest BCUT2D eigenvalue weighted by atomic mass is 16.3. The Labute approximate surface area is 61.8 Å². The second-order valence-corrected chi connectivity index (χ2v) is 3.65. The van der Waals surface area contributed by atoms with Crippen LogP contribution in [0.2, 0.25) is 0 Å². The van der Waals surface area contributed by atoms with Crippen molar-refractivity contribution in [2.75, 3.05) is 6.61 Å². The van der Waals surface area contributed by atoms with Gasteiger partial charge in [-0.15, -0.1) is 0 Å². The predicted molar refractivity (Wildman–Crippen MR) is 40.5 cm³/mol. The van der Waals surface area contributed by atoms with E-state index in [0.717, 1.165) is 11.8 Å². The molecule has 2 aliphatic carbocycles. The minimum absolute atomic E-state index is 0.382. The summed E-state index contributed by atoms with van der Waals surface area (Å²) in [5, 5.41) is 9.02. The predicted octanol–water partition coefficient (Wildman–Crippen LogP) is 1.44. The minimum Gasteiger partial charge on any atom is -0.396 e. The number of aliphatic hydroxyl groups is 1. The third kappa shape index (κ3) is 0.671. The maximum atomic E-state index is 9.02. The third-order valence-corrected chi connectivity index (χ3v) is 3.26. The fourth-order valence-electron chi connectivity index (χ4n) is 2.47. The molecule has 0 heterocycles. The average molecular weight is 138 g/mol. The van der Waals surface area contributed by atoms with Gasteiger partial charge in [-0.25, -0.2) is 0 Å². The molecule has 0 unspecified atom stereocenters.